The Hall–Kier alpha value is -2.41. The van der Waals surface area contributed by atoms with Crippen molar-refractivity contribution in [3.05, 3.63) is 11.6 Å². The highest BCUT2D eigenvalue weighted by Crippen LogP contribution is 2.41. The van der Waals surface area contributed by atoms with Crippen LogP contribution < -0.4 is 5.32 Å². The van der Waals surface area contributed by atoms with Gasteiger partial charge in [-0.3, -0.25) is 0 Å². The van der Waals surface area contributed by atoms with E-state index in [-0.39, 0.29) is 30.0 Å². The lowest BCUT2D eigenvalue weighted by Gasteiger charge is -2.33. The minimum Gasteiger partial charge on any atom is -0.374 e. The summed E-state index contributed by atoms with van der Waals surface area (Å²) in [7, 11) is 0. The molecule has 2 aromatic heterocycles. The van der Waals surface area contributed by atoms with E-state index in [1.165, 1.54) is 4.57 Å². The molecule has 180 valence electrons. The summed E-state index contributed by atoms with van der Waals surface area (Å²) in [6.07, 6.45) is 2.19. The summed E-state index contributed by atoms with van der Waals surface area (Å²) >= 11 is 0. The summed E-state index contributed by atoms with van der Waals surface area (Å²) in [4.78, 5) is 12.6. The first-order chi connectivity index (χ1) is 15.5. The lowest BCUT2D eigenvalue weighted by Crippen LogP contribution is -2.42. The predicted octanol–water partition coefficient (Wildman–Crippen LogP) is 4.89. The molecule has 2 atom stereocenters. The fourth-order valence-electron chi connectivity index (χ4n) is 4.91. The second-order valence-corrected chi connectivity index (χ2v) is 10.0. The third-order valence-electron chi connectivity index (χ3n) is 7.49. The third kappa shape index (κ3) is 4.52. The standard InChI is InChI=1S/C23H31F3N6O/c1-13-7-9-15(10-8-13)12-32-18-19(28-14(2)16-5-4-6-16)29-17(11-27)30-20(18)31-21(32)22(3,33)23(24,25)26/h13-16,33H,4-10,12H2,1-3H3,(H,28,29,30)/t13-,14-,15-,22?/m1/s1. The van der Waals surface area contributed by atoms with Gasteiger partial charge in [0.15, 0.2) is 17.3 Å². The van der Waals surface area contributed by atoms with Crippen LogP contribution in [0.5, 0.6) is 0 Å². The number of alkyl halides is 3. The molecule has 2 fully saturated rings. The number of anilines is 1. The molecular formula is C23H31F3N6O. The van der Waals surface area contributed by atoms with Crippen molar-refractivity contribution < 1.29 is 18.3 Å². The van der Waals surface area contributed by atoms with Crippen molar-refractivity contribution in [3.8, 4) is 6.07 Å². The van der Waals surface area contributed by atoms with E-state index in [1.54, 1.807) is 0 Å². The molecule has 33 heavy (non-hydrogen) atoms. The third-order valence-corrected chi connectivity index (χ3v) is 7.49. The van der Waals surface area contributed by atoms with Gasteiger partial charge < -0.3 is 15.0 Å². The van der Waals surface area contributed by atoms with E-state index >= 15 is 0 Å². The highest BCUT2D eigenvalue weighted by molar-refractivity contribution is 5.84. The van der Waals surface area contributed by atoms with Crippen molar-refractivity contribution in [1.82, 2.24) is 19.5 Å². The predicted molar refractivity (Wildman–Crippen MR) is 117 cm³/mol. The summed E-state index contributed by atoms with van der Waals surface area (Å²) in [5, 5.41) is 23.3. The minimum atomic E-state index is -4.93. The number of hydrogen-bond donors (Lipinski definition) is 2. The summed E-state index contributed by atoms with van der Waals surface area (Å²) < 4.78 is 43.0. The number of fused-ring (bicyclic) bond motifs is 1. The summed E-state index contributed by atoms with van der Waals surface area (Å²) in [5.74, 6) is 0.827. The number of imidazole rings is 1. The number of aromatic nitrogens is 4. The van der Waals surface area contributed by atoms with E-state index in [4.69, 9.17) is 0 Å². The van der Waals surface area contributed by atoms with Crippen molar-refractivity contribution in [1.29, 1.82) is 5.26 Å². The van der Waals surface area contributed by atoms with E-state index < -0.39 is 17.6 Å². The average molecular weight is 465 g/mol. The molecular weight excluding hydrogens is 433 g/mol. The van der Waals surface area contributed by atoms with E-state index in [2.05, 4.69) is 27.2 Å². The van der Waals surface area contributed by atoms with Gasteiger partial charge in [-0.15, -0.1) is 0 Å². The lowest BCUT2D eigenvalue weighted by atomic mass is 9.80. The molecule has 0 amide bonds. The van der Waals surface area contributed by atoms with Gasteiger partial charge in [0.05, 0.1) is 0 Å². The lowest BCUT2D eigenvalue weighted by molar-refractivity contribution is -0.262. The topological polar surface area (TPSA) is 99.7 Å². The van der Waals surface area contributed by atoms with Crippen LogP contribution in [0.3, 0.4) is 0 Å². The van der Waals surface area contributed by atoms with Crippen LogP contribution in [0, 0.1) is 29.1 Å². The Kier molecular flexibility index (Phi) is 6.29. The second kappa shape index (κ2) is 8.75. The fraction of sp³-hybridized carbons (Fsp3) is 0.739. The fourth-order valence-corrected chi connectivity index (χ4v) is 4.91. The number of nitrogens with zero attached hydrogens (tertiary/aromatic N) is 5. The Morgan fingerprint density at radius 2 is 1.82 bits per heavy atom. The van der Waals surface area contributed by atoms with Crippen LogP contribution in [0.2, 0.25) is 0 Å². The van der Waals surface area contributed by atoms with Gasteiger partial charge in [-0.1, -0.05) is 26.2 Å². The maximum absolute atomic E-state index is 13.9. The molecule has 10 heteroatoms. The molecule has 2 saturated carbocycles. The average Bonchev–Trinajstić information content (AvgIpc) is 3.06. The molecule has 0 radical (unpaired) electrons. The van der Waals surface area contributed by atoms with Gasteiger partial charge in [0.2, 0.25) is 11.4 Å². The van der Waals surface area contributed by atoms with Gasteiger partial charge in [-0.2, -0.15) is 28.4 Å². The zero-order valence-electron chi connectivity index (χ0n) is 19.3. The largest absolute Gasteiger partial charge is 0.424 e. The summed E-state index contributed by atoms with van der Waals surface area (Å²) in [5.41, 5.74) is -2.86. The molecule has 2 aromatic rings. The zero-order chi connectivity index (χ0) is 24.0. The molecule has 2 aliphatic carbocycles. The van der Waals surface area contributed by atoms with E-state index in [0.29, 0.717) is 23.2 Å². The molecule has 2 heterocycles. The molecule has 2 aliphatic rings. The Bertz CT molecular complexity index is 1050. The van der Waals surface area contributed by atoms with E-state index in [0.717, 1.165) is 51.9 Å². The van der Waals surface area contributed by atoms with E-state index in [9.17, 15) is 23.5 Å². The molecule has 4 rings (SSSR count). The maximum atomic E-state index is 13.9. The Morgan fingerprint density at radius 1 is 1.15 bits per heavy atom. The Labute approximate surface area is 191 Å². The normalized spacial score (nSPS) is 24.7. The van der Waals surface area contributed by atoms with Crippen molar-refractivity contribution in [2.24, 2.45) is 17.8 Å². The smallest absolute Gasteiger partial charge is 0.374 e. The number of nitrogens with one attached hydrogen (secondary N) is 1. The number of aliphatic hydroxyl groups is 1. The quantitative estimate of drug-likeness (QED) is 0.631. The van der Waals surface area contributed by atoms with E-state index in [1.807, 2.05) is 13.0 Å². The molecule has 0 bridgehead atoms. The molecule has 7 nitrogen and oxygen atoms in total. The summed E-state index contributed by atoms with van der Waals surface area (Å²) in [6.45, 7) is 5.20. The van der Waals surface area contributed by atoms with Crippen LogP contribution in [-0.4, -0.2) is 36.8 Å². The highest BCUT2D eigenvalue weighted by atomic mass is 19.4. The van der Waals surface area contributed by atoms with Crippen molar-refractivity contribution in [2.75, 3.05) is 5.32 Å². The van der Waals surface area contributed by atoms with Gasteiger partial charge in [0, 0.05) is 12.6 Å². The number of rotatable bonds is 6. The highest BCUT2D eigenvalue weighted by Gasteiger charge is 2.54. The van der Waals surface area contributed by atoms with Gasteiger partial charge in [-0.25, -0.2) is 4.98 Å². The van der Waals surface area contributed by atoms with Crippen LogP contribution in [0.15, 0.2) is 0 Å². The van der Waals surface area contributed by atoms with Gasteiger partial charge in [-0.05, 0) is 57.3 Å². The first-order valence-corrected chi connectivity index (χ1v) is 11.8. The number of hydrogen-bond acceptors (Lipinski definition) is 6. The van der Waals surface area contributed by atoms with Crippen LogP contribution in [0.1, 0.15) is 77.4 Å². The molecule has 0 aromatic carbocycles. The number of nitriles is 1. The Balaban J connectivity index is 1.85. The van der Waals surface area contributed by atoms with Gasteiger partial charge in [0.25, 0.3) is 0 Å². The zero-order valence-corrected chi connectivity index (χ0v) is 19.3. The van der Waals surface area contributed by atoms with Crippen LogP contribution in [0.4, 0.5) is 19.0 Å². The minimum absolute atomic E-state index is 0.00596. The molecule has 0 spiro atoms. The van der Waals surface area contributed by atoms with Gasteiger partial charge in [0.1, 0.15) is 11.6 Å². The summed E-state index contributed by atoms with van der Waals surface area (Å²) in [6, 6.07) is 1.91. The molecule has 2 N–H and O–H groups in total. The van der Waals surface area contributed by atoms with Crippen LogP contribution in [0.25, 0.3) is 11.2 Å². The number of halogens is 3. The van der Waals surface area contributed by atoms with Crippen LogP contribution in [-0.2, 0) is 12.1 Å². The van der Waals surface area contributed by atoms with Crippen molar-refractivity contribution in [3.63, 3.8) is 0 Å². The Morgan fingerprint density at radius 3 is 2.36 bits per heavy atom. The van der Waals surface area contributed by atoms with Crippen molar-refractivity contribution >= 4 is 17.0 Å². The molecule has 0 aliphatic heterocycles. The van der Waals surface area contributed by atoms with Crippen molar-refractivity contribution in [2.45, 2.75) is 90.1 Å². The monoisotopic (exact) mass is 464 g/mol. The second-order valence-electron chi connectivity index (χ2n) is 10.0. The van der Waals surface area contributed by atoms with Crippen LogP contribution >= 0.6 is 0 Å². The van der Waals surface area contributed by atoms with Gasteiger partial charge >= 0.3 is 6.18 Å². The molecule has 1 unspecified atom stereocenters. The first-order valence-electron chi connectivity index (χ1n) is 11.8. The maximum Gasteiger partial charge on any atom is 0.424 e. The SMILES string of the molecule is C[C@@H](Nc1nc(C#N)nc2nc(C(C)(O)C(F)(F)F)n(C[C@H]3CC[C@H](C)CC3)c12)C1CCC1. The first kappa shape index (κ1) is 23.7. The molecule has 0 saturated heterocycles.